The maximum absolute atomic E-state index is 4.08. The number of imidazole rings is 1. The number of hydrogen-bond donors (Lipinski definition) is 1. The van der Waals surface area contributed by atoms with E-state index in [0.717, 1.165) is 17.9 Å². The average Bonchev–Trinajstić information content (AvgIpc) is 3.01. The zero-order valence-electron chi connectivity index (χ0n) is 11.5. The standard InChI is InChI=1S/C17H17N3/c1-14-5-2-3-6-15(14)12-19-16-7-4-8-17(11-16)20-10-9-18-13-20/h2-11,13,19H,12H2,1H3. The summed E-state index contributed by atoms with van der Waals surface area (Å²) >= 11 is 0. The highest BCUT2D eigenvalue weighted by atomic mass is 15.0. The molecule has 0 bridgehead atoms. The fourth-order valence-corrected chi connectivity index (χ4v) is 2.19. The largest absolute Gasteiger partial charge is 0.381 e. The van der Waals surface area contributed by atoms with Crippen molar-refractivity contribution in [3.05, 3.63) is 78.4 Å². The van der Waals surface area contributed by atoms with Crippen molar-refractivity contribution in [1.29, 1.82) is 0 Å². The summed E-state index contributed by atoms with van der Waals surface area (Å²) < 4.78 is 2.00. The molecule has 0 fully saturated rings. The number of benzene rings is 2. The van der Waals surface area contributed by atoms with E-state index in [-0.39, 0.29) is 0 Å². The van der Waals surface area contributed by atoms with Crippen LogP contribution in [-0.4, -0.2) is 9.55 Å². The minimum atomic E-state index is 0.833. The Morgan fingerprint density at radius 3 is 2.80 bits per heavy atom. The zero-order chi connectivity index (χ0) is 13.8. The van der Waals surface area contributed by atoms with Gasteiger partial charge in [0, 0.05) is 30.3 Å². The lowest BCUT2D eigenvalue weighted by Gasteiger charge is -2.10. The molecule has 0 aliphatic carbocycles. The highest BCUT2D eigenvalue weighted by molar-refractivity contribution is 5.51. The molecule has 100 valence electrons. The van der Waals surface area contributed by atoms with E-state index in [9.17, 15) is 0 Å². The third-order valence-corrected chi connectivity index (χ3v) is 3.39. The van der Waals surface area contributed by atoms with Crippen molar-refractivity contribution in [2.45, 2.75) is 13.5 Å². The van der Waals surface area contributed by atoms with Crippen molar-refractivity contribution in [2.75, 3.05) is 5.32 Å². The Balaban J connectivity index is 1.75. The summed E-state index contributed by atoms with van der Waals surface area (Å²) in [4.78, 5) is 4.08. The molecule has 0 unspecified atom stereocenters. The van der Waals surface area contributed by atoms with Gasteiger partial charge in [-0.15, -0.1) is 0 Å². The van der Waals surface area contributed by atoms with Crippen LogP contribution in [0.1, 0.15) is 11.1 Å². The van der Waals surface area contributed by atoms with E-state index >= 15 is 0 Å². The molecule has 1 heterocycles. The predicted octanol–water partition coefficient (Wildman–Crippen LogP) is 3.79. The third-order valence-electron chi connectivity index (χ3n) is 3.39. The van der Waals surface area contributed by atoms with E-state index in [1.165, 1.54) is 11.1 Å². The van der Waals surface area contributed by atoms with Crippen LogP contribution in [0.2, 0.25) is 0 Å². The van der Waals surface area contributed by atoms with Crippen LogP contribution < -0.4 is 5.32 Å². The molecule has 3 aromatic rings. The molecule has 3 rings (SSSR count). The second kappa shape index (κ2) is 5.61. The second-order valence-electron chi connectivity index (χ2n) is 4.80. The number of anilines is 1. The van der Waals surface area contributed by atoms with Crippen LogP contribution in [0.5, 0.6) is 0 Å². The van der Waals surface area contributed by atoms with Crippen LogP contribution in [0.4, 0.5) is 5.69 Å². The van der Waals surface area contributed by atoms with Gasteiger partial charge in [0.2, 0.25) is 0 Å². The molecule has 0 atom stereocenters. The topological polar surface area (TPSA) is 29.9 Å². The highest BCUT2D eigenvalue weighted by Crippen LogP contribution is 2.16. The van der Waals surface area contributed by atoms with Gasteiger partial charge < -0.3 is 9.88 Å². The summed E-state index contributed by atoms with van der Waals surface area (Å²) in [5, 5.41) is 3.47. The summed E-state index contributed by atoms with van der Waals surface area (Å²) in [6, 6.07) is 16.8. The van der Waals surface area contributed by atoms with Gasteiger partial charge in [-0.1, -0.05) is 30.3 Å². The molecule has 0 amide bonds. The van der Waals surface area contributed by atoms with Crippen molar-refractivity contribution < 1.29 is 0 Å². The fraction of sp³-hybridized carbons (Fsp3) is 0.118. The van der Waals surface area contributed by atoms with Crippen LogP contribution in [0.3, 0.4) is 0 Å². The summed E-state index contributed by atoms with van der Waals surface area (Å²) in [6.45, 7) is 2.97. The Kier molecular flexibility index (Phi) is 3.50. The molecular formula is C17H17N3. The first-order valence-electron chi connectivity index (χ1n) is 6.70. The number of nitrogens with one attached hydrogen (secondary N) is 1. The minimum Gasteiger partial charge on any atom is -0.381 e. The zero-order valence-corrected chi connectivity index (χ0v) is 11.5. The van der Waals surface area contributed by atoms with Gasteiger partial charge in [-0.3, -0.25) is 0 Å². The number of hydrogen-bond acceptors (Lipinski definition) is 2. The molecule has 0 spiro atoms. The van der Waals surface area contributed by atoms with Gasteiger partial charge in [-0.2, -0.15) is 0 Å². The van der Waals surface area contributed by atoms with Gasteiger partial charge in [0.05, 0.1) is 6.33 Å². The molecular weight excluding hydrogens is 246 g/mol. The third kappa shape index (κ3) is 2.72. The van der Waals surface area contributed by atoms with Gasteiger partial charge in [-0.25, -0.2) is 4.98 Å². The Labute approximate surface area is 118 Å². The monoisotopic (exact) mass is 263 g/mol. The highest BCUT2D eigenvalue weighted by Gasteiger charge is 1.99. The van der Waals surface area contributed by atoms with Crippen molar-refractivity contribution >= 4 is 5.69 Å². The molecule has 3 nitrogen and oxygen atoms in total. The first-order chi connectivity index (χ1) is 9.83. The number of rotatable bonds is 4. The molecule has 0 aliphatic heterocycles. The van der Waals surface area contributed by atoms with E-state index in [1.54, 1.807) is 12.5 Å². The summed E-state index contributed by atoms with van der Waals surface area (Å²) in [6.07, 6.45) is 5.54. The van der Waals surface area contributed by atoms with E-state index in [1.807, 2.05) is 10.8 Å². The van der Waals surface area contributed by atoms with Crippen molar-refractivity contribution in [3.8, 4) is 5.69 Å². The van der Waals surface area contributed by atoms with E-state index in [0.29, 0.717) is 0 Å². The number of nitrogens with zero attached hydrogens (tertiary/aromatic N) is 2. The van der Waals surface area contributed by atoms with E-state index in [4.69, 9.17) is 0 Å². The molecule has 3 heteroatoms. The Bertz CT molecular complexity index is 687. The average molecular weight is 263 g/mol. The van der Waals surface area contributed by atoms with E-state index < -0.39 is 0 Å². The quantitative estimate of drug-likeness (QED) is 0.776. The van der Waals surface area contributed by atoms with E-state index in [2.05, 4.69) is 65.8 Å². The van der Waals surface area contributed by atoms with Gasteiger partial charge in [0.15, 0.2) is 0 Å². The predicted molar refractivity (Wildman–Crippen MR) is 82.1 cm³/mol. The molecule has 0 saturated carbocycles. The van der Waals surface area contributed by atoms with Crippen LogP contribution >= 0.6 is 0 Å². The lowest BCUT2D eigenvalue weighted by atomic mass is 10.1. The molecule has 1 aromatic heterocycles. The minimum absolute atomic E-state index is 0.833. The normalized spacial score (nSPS) is 10.4. The Morgan fingerprint density at radius 1 is 1.10 bits per heavy atom. The maximum atomic E-state index is 4.08. The lowest BCUT2D eigenvalue weighted by molar-refractivity contribution is 1.05. The summed E-state index contributed by atoms with van der Waals surface area (Å²) in [5.74, 6) is 0. The molecule has 2 aromatic carbocycles. The summed E-state index contributed by atoms with van der Waals surface area (Å²) in [7, 11) is 0. The summed E-state index contributed by atoms with van der Waals surface area (Å²) in [5.41, 5.74) is 4.85. The Hall–Kier alpha value is -2.55. The van der Waals surface area contributed by atoms with Gasteiger partial charge >= 0.3 is 0 Å². The van der Waals surface area contributed by atoms with Crippen molar-refractivity contribution in [1.82, 2.24) is 9.55 Å². The van der Waals surface area contributed by atoms with Crippen LogP contribution in [0.15, 0.2) is 67.3 Å². The first kappa shape index (κ1) is 12.5. The maximum Gasteiger partial charge on any atom is 0.0991 e. The Morgan fingerprint density at radius 2 is 2.00 bits per heavy atom. The van der Waals surface area contributed by atoms with Crippen LogP contribution in [-0.2, 0) is 6.54 Å². The molecule has 1 N–H and O–H groups in total. The first-order valence-corrected chi connectivity index (χ1v) is 6.70. The van der Waals surface area contributed by atoms with Crippen molar-refractivity contribution in [2.24, 2.45) is 0 Å². The smallest absolute Gasteiger partial charge is 0.0991 e. The second-order valence-corrected chi connectivity index (χ2v) is 4.80. The molecule has 0 radical (unpaired) electrons. The van der Waals surface area contributed by atoms with Gasteiger partial charge in [0.1, 0.15) is 0 Å². The molecule has 0 aliphatic rings. The van der Waals surface area contributed by atoms with Gasteiger partial charge in [0.25, 0.3) is 0 Å². The molecule has 20 heavy (non-hydrogen) atoms. The number of aromatic nitrogens is 2. The van der Waals surface area contributed by atoms with Crippen LogP contribution in [0, 0.1) is 6.92 Å². The lowest BCUT2D eigenvalue weighted by Crippen LogP contribution is -2.01. The number of aryl methyl sites for hydroxylation is 1. The SMILES string of the molecule is Cc1ccccc1CNc1cccc(-n2ccnc2)c1. The van der Waals surface area contributed by atoms with Crippen molar-refractivity contribution in [3.63, 3.8) is 0 Å². The van der Waals surface area contributed by atoms with Gasteiger partial charge in [-0.05, 0) is 36.2 Å². The fourth-order valence-electron chi connectivity index (χ4n) is 2.19. The molecule has 0 saturated heterocycles. The van der Waals surface area contributed by atoms with Crippen LogP contribution in [0.25, 0.3) is 5.69 Å².